The van der Waals surface area contributed by atoms with E-state index >= 15 is 0 Å². The van der Waals surface area contributed by atoms with Crippen molar-refractivity contribution in [2.75, 3.05) is 17.7 Å². The number of methoxy groups -OCH3 is 1. The Labute approximate surface area is 172 Å². The molecule has 1 atom stereocenters. The smallest absolute Gasteiger partial charge is 0.324 e. The van der Waals surface area contributed by atoms with Crippen LogP contribution in [0, 0.1) is 12.8 Å². The quantitative estimate of drug-likeness (QED) is 0.668. The van der Waals surface area contributed by atoms with Gasteiger partial charge in [0.05, 0.1) is 12.5 Å². The van der Waals surface area contributed by atoms with Crippen LogP contribution in [0.15, 0.2) is 29.1 Å². The van der Waals surface area contributed by atoms with Crippen LogP contribution in [0.1, 0.15) is 31.2 Å². The predicted octanol–water partition coefficient (Wildman–Crippen LogP) is 4.39. The number of amides is 2. The molecule has 0 saturated carbocycles. The van der Waals surface area contributed by atoms with E-state index in [1.165, 1.54) is 11.3 Å². The number of hydrogen-bond acceptors (Lipinski definition) is 5. The lowest BCUT2D eigenvalue weighted by molar-refractivity contribution is 0.262. The molecule has 0 spiro atoms. The molecular formula is C21H24N4O3S. The number of rotatable bonds is 3. The molecule has 1 aromatic carbocycles. The molecule has 2 aromatic heterocycles. The van der Waals surface area contributed by atoms with Crippen molar-refractivity contribution in [3.63, 3.8) is 0 Å². The molecule has 1 aliphatic rings. The SMILES string of the molecule is COc1cccc(NC(=O)Nc2sc3nc4n(c(=O)c3c2C)CC[C@@H](C)CC4)c1. The van der Waals surface area contributed by atoms with Gasteiger partial charge in [0, 0.05) is 24.7 Å². The van der Waals surface area contributed by atoms with Gasteiger partial charge in [-0.05, 0) is 43.4 Å². The van der Waals surface area contributed by atoms with Gasteiger partial charge in [-0.25, -0.2) is 9.78 Å². The number of fused-ring (bicyclic) bond motifs is 2. The molecule has 152 valence electrons. The normalized spacial score (nSPS) is 16.2. The summed E-state index contributed by atoms with van der Waals surface area (Å²) in [5.41, 5.74) is 1.38. The van der Waals surface area contributed by atoms with Crippen LogP contribution in [-0.2, 0) is 13.0 Å². The van der Waals surface area contributed by atoms with Crippen molar-refractivity contribution >= 4 is 38.3 Å². The topological polar surface area (TPSA) is 85.2 Å². The first-order chi connectivity index (χ1) is 14.0. The third-order valence-electron chi connectivity index (χ3n) is 5.39. The summed E-state index contributed by atoms with van der Waals surface area (Å²) in [6.07, 6.45) is 2.83. The summed E-state index contributed by atoms with van der Waals surface area (Å²) >= 11 is 1.34. The van der Waals surface area contributed by atoms with E-state index < -0.39 is 0 Å². The number of nitrogens with zero attached hydrogens (tertiary/aromatic N) is 2. The summed E-state index contributed by atoms with van der Waals surface area (Å²) in [7, 11) is 1.58. The Morgan fingerprint density at radius 1 is 1.31 bits per heavy atom. The highest BCUT2D eigenvalue weighted by Gasteiger charge is 2.21. The molecule has 0 saturated heterocycles. The summed E-state index contributed by atoms with van der Waals surface area (Å²) in [5.74, 6) is 2.10. The van der Waals surface area contributed by atoms with E-state index in [9.17, 15) is 9.59 Å². The molecule has 29 heavy (non-hydrogen) atoms. The van der Waals surface area contributed by atoms with Crippen LogP contribution in [0.3, 0.4) is 0 Å². The van der Waals surface area contributed by atoms with Gasteiger partial charge in [-0.1, -0.05) is 24.3 Å². The Bertz CT molecular complexity index is 1130. The van der Waals surface area contributed by atoms with Gasteiger partial charge in [-0.2, -0.15) is 0 Å². The van der Waals surface area contributed by atoms with Crippen LogP contribution in [0.5, 0.6) is 5.75 Å². The molecule has 3 heterocycles. The molecule has 0 aliphatic carbocycles. The maximum absolute atomic E-state index is 13.1. The number of urea groups is 1. The Morgan fingerprint density at radius 2 is 2.14 bits per heavy atom. The largest absolute Gasteiger partial charge is 0.497 e. The maximum atomic E-state index is 13.1. The highest BCUT2D eigenvalue weighted by molar-refractivity contribution is 7.22. The van der Waals surface area contributed by atoms with Crippen LogP contribution < -0.4 is 20.9 Å². The number of carbonyl (C=O) groups excluding carboxylic acids is 1. The number of aromatic nitrogens is 2. The fourth-order valence-electron chi connectivity index (χ4n) is 3.63. The average molecular weight is 413 g/mol. The number of aryl methyl sites for hydroxylation is 2. The van der Waals surface area contributed by atoms with Gasteiger partial charge in [-0.3, -0.25) is 14.7 Å². The summed E-state index contributed by atoms with van der Waals surface area (Å²) in [6.45, 7) is 4.77. The van der Waals surface area contributed by atoms with E-state index in [2.05, 4.69) is 17.6 Å². The first kappa shape index (κ1) is 19.4. The molecule has 0 unspecified atom stereocenters. The zero-order valence-corrected chi connectivity index (χ0v) is 17.6. The second-order valence-corrected chi connectivity index (χ2v) is 8.46. The summed E-state index contributed by atoms with van der Waals surface area (Å²) in [6, 6.07) is 6.76. The van der Waals surface area contributed by atoms with E-state index in [0.717, 1.165) is 30.7 Å². The van der Waals surface area contributed by atoms with Gasteiger partial charge in [0.2, 0.25) is 0 Å². The zero-order valence-electron chi connectivity index (χ0n) is 16.7. The molecule has 3 aromatic rings. The van der Waals surface area contributed by atoms with Gasteiger partial charge < -0.3 is 10.1 Å². The van der Waals surface area contributed by atoms with Crippen LogP contribution in [0.2, 0.25) is 0 Å². The van der Waals surface area contributed by atoms with Crippen molar-refractivity contribution in [2.24, 2.45) is 5.92 Å². The molecule has 0 bridgehead atoms. The second-order valence-electron chi connectivity index (χ2n) is 7.46. The average Bonchev–Trinajstić information content (AvgIpc) is 2.87. The Morgan fingerprint density at radius 3 is 2.93 bits per heavy atom. The van der Waals surface area contributed by atoms with Gasteiger partial charge in [0.25, 0.3) is 5.56 Å². The number of carbonyl (C=O) groups is 1. The Hall–Kier alpha value is -2.87. The molecule has 4 rings (SSSR count). The molecule has 2 N–H and O–H groups in total. The maximum Gasteiger partial charge on any atom is 0.324 e. The molecule has 0 radical (unpaired) electrons. The second kappa shape index (κ2) is 7.87. The van der Waals surface area contributed by atoms with Crippen molar-refractivity contribution in [3.8, 4) is 5.75 Å². The lowest BCUT2D eigenvalue weighted by Gasteiger charge is -2.09. The van der Waals surface area contributed by atoms with Crippen molar-refractivity contribution in [1.82, 2.24) is 9.55 Å². The lowest BCUT2D eigenvalue weighted by Crippen LogP contribution is -2.24. The molecule has 1 aliphatic heterocycles. The minimum atomic E-state index is -0.372. The minimum Gasteiger partial charge on any atom is -0.497 e. The predicted molar refractivity (Wildman–Crippen MR) is 116 cm³/mol. The van der Waals surface area contributed by atoms with E-state index in [1.54, 1.807) is 25.3 Å². The molecule has 7 nitrogen and oxygen atoms in total. The fourth-order valence-corrected chi connectivity index (χ4v) is 4.72. The fraction of sp³-hybridized carbons (Fsp3) is 0.381. The number of hydrogen-bond donors (Lipinski definition) is 2. The van der Waals surface area contributed by atoms with Crippen molar-refractivity contribution < 1.29 is 9.53 Å². The van der Waals surface area contributed by atoms with E-state index in [0.29, 0.717) is 39.1 Å². The van der Waals surface area contributed by atoms with Gasteiger partial charge in [0.1, 0.15) is 21.4 Å². The first-order valence-electron chi connectivity index (χ1n) is 9.71. The van der Waals surface area contributed by atoms with Crippen LogP contribution in [0.25, 0.3) is 10.2 Å². The molecular weight excluding hydrogens is 388 g/mol. The van der Waals surface area contributed by atoms with Crippen LogP contribution in [-0.4, -0.2) is 22.7 Å². The zero-order chi connectivity index (χ0) is 20.5. The highest BCUT2D eigenvalue weighted by atomic mass is 32.1. The van der Waals surface area contributed by atoms with E-state index in [-0.39, 0.29) is 11.6 Å². The first-order valence-corrected chi connectivity index (χ1v) is 10.5. The Kier molecular flexibility index (Phi) is 5.27. The minimum absolute atomic E-state index is 0.00546. The van der Waals surface area contributed by atoms with Gasteiger partial charge in [-0.15, -0.1) is 0 Å². The van der Waals surface area contributed by atoms with E-state index in [4.69, 9.17) is 9.72 Å². The molecule has 2 amide bonds. The number of benzene rings is 1. The number of anilines is 2. The monoisotopic (exact) mass is 412 g/mol. The van der Waals surface area contributed by atoms with Crippen molar-refractivity contribution in [2.45, 2.75) is 39.7 Å². The van der Waals surface area contributed by atoms with Crippen LogP contribution >= 0.6 is 11.3 Å². The Balaban J connectivity index is 1.61. The number of ether oxygens (including phenoxy) is 1. The summed E-state index contributed by atoms with van der Waals surface area (Å²) in [4.78, 5) is 31.0. The van der Waals surface area contributed by atoms with Gasteiger partial charge >= 0.3 is 6.03 Å². The molecule has 0 fully saturated rings. The standard InChI is InChI=1S/C21H24N4O3S/c1-12-7-8-16-23-19-17(20(26)25(16)10-9-12)13(2)18(29-19)24-21(27)22-14-5-4-6-15(11-14)28-3/h4-6,11-12H,7-10H2,1-3H3,(H2,22,24,27)/t12-/m0/s1. The van der Waals surface area contributed by atoms with Crippen LogP contribution in [0.4, 0.5) is 15.5 Å². The summed E-state index contributed by atoms with van der Waals surface area (Å²) < 4.78 is 6.99. The highest BCUT2D eigenvalue weighted by Crippen LogP contribution is 2.33. The molecule has 8 heteroatoms. The number of thiophene rings is 1. The number of nitrogens with one attached hydrogen (secondary N) is 2. The third kappa shape index (κ3) is 3.85. The van der Waals surface area contributed by atoms with E-state index in [1.807, 2.05) is 17.6 Å². The lowest BCUT2D eigenvalue weighted by atomic mass is 10.0. The summed E-state index contributed by atoms with van der Waals surface area (Å²) in [5, 5.41) is 6.89. The van der Waals surface area contributed by atoms with Crippen molar-refractivity contribution in [3.05, 3.63) is 46.0 Å². The van der Waals surface area contributed by atoms with Crippen molar-refractivity contribution in [1.29, 1.82) is 0 Å². The van der Waals surface area contributed by atoms with Gasteiger partial charge in [0.15, 0.2) is 0 Å². The third-order valence-corrected chi connectivity index (χ3v) is 6.49.